The normalized spacial score (nSPS) is 10.4. The zero-order chi connectivity index (χ0) is 16.8. The number of furan rings is 1. The number of carbonyl (C=O) groups excluding carboxylic acids is 1. The van der Waals surface area contributed by atoms with Crippen LogP contribution in [0.1, 0.15) is 21.7 Å². The number of para-hydroxylation sites is 1. The van der Waals surface area contributed by atoms with Crippen LogP contribution < -0.4 is 10.1 Å². The van der Waals surface area contributed by atoms with Crippen LogP contribution in [0.3, 0.4) is 0 Å². The Morgan fingerprint density at radius 1 is 1.00 bits per heavy atom. The van der Waals surface area contributed by atoms with E-state index in [1.165, 1.54) is 11.1 Å². The lowest BCUT2D eigenvalue weighted by Crippen LogP contribution is -2.25. The number of benzene rings is 2. The number of carbonyl (C=O) groups is 1. The lowest BCUT2D eigenvalue weighted by molar-refractivity contribution is 0.0921. The Labute approximate surface area is 141 Å². The highest BCUT2D eigenvalue weighted by atomic mass is 16.6. The van der Waals surface area contributed by atoms with Crippen LogP contribution in [-0.4, -0.2) is 12.5 Å². The number of ether oxygens (including phenoxy) is 1. The van der Waals surface area contributed by atoms with Gasteiger partial charge in [-0.1, -0.05) is 48.0 Å². The smallest absolute Gasteiger partial charge is 0.290 e. The zero-order valence-corrected chi connectivity index (χ0v) is 13.5. The fourth-order valence-electron chi connectivity index (χ4n) is 2.26. The molecule has 0 atom stereocenters. The second kappa shape index (κ2) is 7.51. The van der Waals surface area contributed by atoms with Crippen LogP contribution in [0.15, 0.2) is 71.1 Å². The Kier molecular flexibility index (Phi) is 4.96. The first-order valence-corrected chi connectivity index (χ1v) is 7.87. The average Bonchev–Trinajstić information content (AvgIpc) is 3.06. The van der Waals surface area contributed by atoms with Crippen molar-refractivity contribution in [2.24, 2.45) is 0 Å². The van der Waals surface area contributed by atoms with Crippen molar-refractivity contribution in [1.29, 1.82) is 0 Å². The van der Waals surface area contributed by atoms with Gasteiger partial charge in [0.05, 0.1) is 0 Å². The van der Waals surface area contributed by atoms with E-state index in [2.05, 4.69) is 36.5 Å². The Bertz CT molecular complexity index is 791. The third-order valence-corrected chi connectivity index (χ3v) is 3.59. The lowest BCUT2D eigenvalue weighted by atomic mass is 10.1. The number of amides is 1. The third kappa shape index (κ3) is 4.26. The molecular weight excluding hydrogens is 302 g/mol. The van der Waals surface area contributed by atoms with E-state index in [1.807, 2.05) is 30.3 Å². The average molecular weight is 321 g/mol. The molecule has 4 heteroatoms. The van der Waals surface area contributed by atoms with Crippen LogP contribution in [0.5, 0.6) is 11.7 Å². The summed E-state index contributed by atoms with van der Waals surface area (Å²) < 4.78 is 11.0. The summed E-state index contributed by atoms with van der Waals surface area (Å²) in [7, 11) is 0. The molecule has 24 heavy (non-hydrogen) atoms. The van der Waals surface area contributed by atoms with Crippen molar-refractivity contribution in [3.05, 3.63) is 83.6 Å². The molecular formula is C20H19NO3. The van der Waals surface area contributed by atoms with E-state index >= 15 is 0 Å². The van der Waals surface area contributed by atoms with Crippen LogP contribution in [0.25, 0.3) is 0 Å². The largest absolute Gasteiger partial charge is 0.426 e. The Hall–Kier alpha value is -3.01. The Morgan fingerprint density at radius 3 is 2.50 bits per heavy atom. The van der Waals surface area contributed by atoms with E-state index in [9.17, 15) is 4.79 Å². The molecule has 2 aromatic carbocycles. The predicted molar refractivity (Wildman–Crippen MR) is 92.4 cm³/mol. The molecule has 0 spiro atoms. The number of rotatable bonds is 6. The van der Waals surface area contributed by atoms with E-state index in [1.54, 1.807) is 12.1 Å². The maximum Gasteiger partial charge on any atom is 0.290 e. The van der Waals surface area contributed by atoms with Crippen molar-refractivity contribution in [3.63, 3.8) is 0 Å². The minimum absolute atomic E-state index is 0.241. The summed E-state index contributed by atoms with van der Waals surface area (Å²) in [5, 5.41) is 2.85. The quantitative estimate of drug-likeness (QED) is 0.734. The van der Waals surface area contributed by atoms with Crippen molar-refractivity contribution in [3.8, 4) is 11.7 Å². The van der Waals surface area contributed by atoms with Gasteiger partial charge in [0, 0.05) is 12.6 Å². The SMILES string of the molecule is Cc1ccc(CCNC(=O)c2ccc(Oc3ccccc3)o2)cc1. The second-order valence-electron chi connectivity index (χ2n) is 5.53. The molecule has 1 aromatic heterocycles. The molecule has 122 valence electrons. The highest BCUT2D eigenvalue weighted by Crippen LogP contribution is 2.23. The Morgan fingerprint density at radius 2 is 1.75 bits per heavy atom. The van der Waals surface area contributed by atoms with Crippen molar-refractivity contribution in [1.82, 2.24) is 5.32 Å². The molecule has 0 aliphatic carbocycles. The van der Waals surface area contributed by atoms with Gasteiger partial charge in [-0.25, -0.2) is 0 Å². The van der Waals surface area contributed by atoms with Crippen LogP contribution in [0.4, 0.5) is 0 Å². The first-order valence-electron chi connectivity index (χ1n) is 7.87. The maximum atomic E-state index is 12.1. The highest BCUT2D eigenvalue weighted by molar-refractivity contribution is 5.91. The van der Waals surface area contributed by atoms with Gasteiger partial charge < -0.3 is 14.5 Å². The molecule has 0 aliphatic heterocycles. The standard InChI is InChI=1S/C20H19NO3/c1-15-7-9-16(10-8-15)13-14-21-20(22)18-11-12-19(24-18)23-17-5-3-2-4-6-17/h2-12H,13-14H2,1H3,(H,21,22). The van der Waals surface area contributed by atoms with E-state index in [4.69, 9.17) is 9.15 Å². The monoisotopic (exact) mass is 321 g/mol. The van der Waals surface area contributed by atoms with Crippen LogP contribution in [-0.2, 0) is 6.42 Å². The molecule has 1 heterocycles. The number of aryl methyl sites for hydroxylation is 1. The summed E-state index contributed by atoms with van der Waals surface area (Å²) in [6.07, 6.45) is 0.778. The number of nitrogens with one attached hydrogen (secondary N) is 1. The highest BCUT2D eigenvalue weighted by Gasteiger charge is 2.11. The topological polar surface area (TPSA) is 51.5 Å². The van der Waals surface area contributed by atoms with Crippen molar-refractivity contribution in [2.45, 2.75) is 13.3 Å². The predicted octanol–water partition coefficient (Wildman–Crippen LogP) is 4.35. The van der Waals surface area contributed by atoms with Gasteiger partial charge in [-0.15, -0.1) is 0 Å². The van der Waals surface area contributed by atoms with Gasteiger partial charge in [0.1, 0.15) is 5.75 Å². The van der Waals surface area contributed by atoms with E-state index in [-0.39, 0.29) is 11.7 Å². The molecule has 0 fully saturated rings. The minimum atomic E-state index is -0.245. The molecule has 0 radical (unpaired) electrons. The molecule has 0 unspecified atom stereocenters. The van der Waals surface area contributed by atoms with Crippen molar-refractivity contribution in [2.75, 3.05) is 6.54 Å². The lowest BCUT2D eigenvalue weighted by Gasteiger charge is -2.04. The molecule has 3 rings (SSSR count). The first kappa shape index (κ1) is 15.9. The molecule has 0 bridgehead atoms. The molecule has 1 amide bonds. The van der Waals surface area contributed by atoms with Gasteiger partial charge in [0.25, 0.3) is 11.9 Å². The summed E-state index contributed by atoms with van der Waals surface area (Å²) in [6, 6.07) is 20.8. The maximum absolute atomic E-state index is 12.1. The van der Waals surface area contributed by atoms with Crippen molar-refractivity contribution >= 4 is 5.91 Å². The third-order valence-electron chi connectivity index (χ3n) is 3.59. The fraction of sp³-hybridized carbons (Fsp3) is 0.150. The molecule has 0 saturated carbocycles. The molecule has 1 N–H and O–H groups in total. The van der Waals surface area contributed by atoms with Gasteiger partial charge in [-0.3, -0.25) is 4.79 Å². The first-order chi connectivity index (χ1) is 11.7. The fourth-order valence-corrected chi connectivity index (χ4v) is 2.26. The minimum Gasteiger partial charge on any atom is -0.426 e. The summed E-state index contributed by atoms with van der Waals surface area (Å²) >= 11 is 0. The van der Waals surface area contributed by atoms with E-state index < -0.39 is 0 Å². The van der Waals surface area contributed by atoms with Crippen molar-refractivity contribution < 1.29 is 13.9 Å². The van der Waals surface area contributed by atoms with Crippen LogP contribution >= 0.6 is 0 Å². The molecule has 0 saturated heterocycles. The zero-order valence-electron chi connectivity index (χ0n) is 13.5. The Balaban J connectivity index is 1.51. The summed E-state index contributed by atoms with van der Waals surface area (Å²) in [5.74, 6) is 0.956. The van der Waals surface area contributed by atoms with Gasteiger partial charge >= 0.3 is 0 Å². The van der Waals surface area contributed by atoms with Gasteiger partial charge in [0.15, 0.2) is 5.76 Å². The summed E-state index contributed by atoms with van der Waals surface area (Å²) in [6.45, 7) is 2.61. The number of hydrogen-bond donors (Lipinski definition) is 1. The van der Waals surface area contributed by atoms with Crippen LogP contribution in [0, 0.1) is 6.92 Å². The van der Waals surface area contributed by atoms with E-state index in [0.717, 1.165) is 6.42 Å². The van der Waals surface area contributed by atoms with Gasteiger partial charge in [0.2, 0.25) is 0 Å². The van der Waals surface area contributed by atoms with Gasteiger partial charge in [-0.05, 0) is 37.1 Å². The molecule has 4 nitrogen and oxygen atoms in total. The number of hydrogen-bond acceptors (Lipinski definition) is 3. The molecule has 3 aromatic rings. The van der Waals surface area contributed by atoms with E-state index in [0.29, 0.717) is 18.2 Å². The van der Waals surface area contributed by atoms with Gasteiger partial charge in [-0.2, -0.15) is 0 Å². The molecule has 0 aliphatic rings. The summed E-state index contributed by atoms with van der Waals surface area (Å²) in [4.78, 5) is 12.1. The second-order valence-corrected chi connectivity index (χ2v) is 5.53. The van der Waals surface area contributed by atoms with Crippen LogP contribution in [0.2, 0.25) is 0 Å². The summed E-state index contributed by atoms with van der Waals surface area (Å²) in [5.41, 5.74) is 2.41.